The van der Waals surface area contributed by atoms with Crippen LogP contribution in [0.1, 0.15) is 25.7 Å². The zero-order valence-electron chi connectivity index (χ0n) is 16.0. The van der Waals surface area contributed by atoms with E-state index in [0.29, 0.717) is 23.0 Å². The molecule has 0 saturated heterocycles. The van der Waals surface area contributed by atoms with Crippen LogP contribution >= 0.6 is 50.5 Å². The van der Waals surface area contributed by atoms with Crippen LogP contribution in [-0.4, -0.2) is 78.7 Å². The lowest BCUT2D eigenvalue weighted by Gasteiger charge is -2.31. The lowest BCUT2D eigenvalue weighted by Crippen LogP contribution is -2.46. The Morgan fingerprint density at radius 1 is 0.483 bits per heavy atom. The van der Waals surface area contributed by atoms with Crippen LogP contribution < -0.4 is 0 Å². The van der Waals surface area contributed by atoms with Crippen molar-refractivity contribution >= 4 is 73.6 Å². The Morgan fingerprint density at radius 2 is 0.690 bits per heavy atom. The van der Waals surface area contributed by atoms with Gasteiger partial charge in [0.15, 0.2) is 23.1 Å². The van der Waals surface area contributed by atoms with Crippen molar-refractivity contribution in [3.8, 4) is 0 Å². The maximum Gasteiger partial charge on any atom is 0.414 e. The Morgan fingerprint density at radius 3 is 0.862 bits per heavy atom. The highest BCUT2D eigenvalue weighted by Crippen LogP contribution is 2.19. The molecule has 0 amide bonds. The number of Topliss-reactive ketones (excluding diaryl/α,β-unsaturated/α-hetero) is 4. The molecule has 0 aromatic carbocycles. The number of hydrogen-bond acceptors (Lipinski definition) is 12. The Bertz CT molecular complexity index is 436. The third-order valence-corrected chi connectivity index (χ3v) is 4.10. The van der Waals surface area contributed by atoms with Crippen LogP contribution in [0.5, 0.6) is 0 Å². The second kappa shape index (κ2) is 17.6. The van der Waals surface area contributed by atoms with Gasteiger partial charge >= 0.3 is 6.16 Å². The number of ether oxygens (including phenoxy) is 4. The number of rotatable bonds is 20. The molecule has 0 unspecified atom stereocenters. The molecule has 8 nitrogen and oxygen atoms in total. The summed E-state index contributed by atoms with van der Waals surface area (Å²) in [6.07, 6.45) is -1.88. The smallest absolute Gasteiger partial charge is 0.297 e. The molecule has 0 fully saturated rings. The highest BCUT2D eigenvalue weighted by molar-refractivity contribution is 7.80. The SMILES string of the molecule is O=C(CCS)COC(OCC(=O)CCS)(OCC(=O)CCS)OCC(=O)CCS. The van der Waals surface area contributed by atoms with Crippen molar-refractivity contribution in [2.45, 2.75) is 31.8 Å². The van der Waals surface area contributed by atoms with E-state index in [4.69, 9.17) is 18.9 Å². The molecule has 0 aliphatic rings. The van der Waals surface area contributed by atoms with Crippen LogP contribution in [0.15, 0.2) is 0 Å². The molecule has 0 rings (SSSR count). The maximum absolute atomic E-state index is 11.8. The summed E-state index contributed by atoms with van der Waals surface area (Å²) in [6, 6.07) is 0. The predicted octanol–water partition coefficient (Wildman–Crippen LogP) is 1.22. The molecule has 0 saturated carbocycles. The standard InChI is InChI=1S/C17H28O8S4/c18-13(1-5-26)9-22-17(23-10-14(19)2-6-27,24-11-15(20)3-7-28)25-12-16(21)4-8-29/h26-29H,1-12H2. The van der Waals surface area contributed by atoms with E-state index in [2.05, 4.69) is 50.5 Å². The second-order valence-electron chi connectivity index (χ2n) is 5.70. The van der Waals surface area contributed by atoms with Gasteiger partial charge in [-0.2, -0.15) is 50.5 Å². The summed E-state index contributed by atoms with van der Waals surface area (Å²) in [5.41, 5.74) is 0. The van der Waals surface area contributed by atoms with Crippen molar-refractivity contribution in [3.63, 3.8) is 0 Å². The molecule has 0 aliphatic carbocycles. The Balaban J connectivity index is 5.35. The third-order valence-electron chi connectivity index (χ3n) is 3.20. The highest BCUT2D eigenvalue weighted by atomic mass is 32.1. The van der Waals surface area contributed by atoms with Gasteiger partial charge < -0.3 is 0 Å². The summed E-state index contributed by atoms with van der Waals surface area (Å²) >= 11 is 15.9. The van der Waals surface area contributed by atoms with Gasteiger partial charge in [0.25, 0.3) is 0 Å². The molecule has 168 valence electrons. The van der Waals surface area contributed by atoms with Crippen molar-refractivity contribution in [3.05, 3.63) is 0 Å². The highest BCUT2D eigenvalue weighted by Gasteiger charge is 2.39. The zero-order chi connectivity index (χ0) is 22.1. The molecule has 0 radical (unpaired) electrons. The van der Waals surface area contributed by atoms with E-state index < -0.39 is 32.6 Å². The van der Waals surface area contributed by atoms with Crippen molar-refractivity contribution in [2.75, 3.05) is 49.4 Å². The minimum absolute atomic E-state index is 0.120. The molecular weight excluding hydrogens is 460 g/mol. The van der Waals surface area contributed by atoms with Gasteiger partial charge in [-0.05, 0) is 23.0 Å². The van der Waals surface area contributed by atoms with Gasteiger partial charge in [-0.25, -0.2) is 0 Å². The van der Waals surface area contributed by atoms with E-state index in [9.17, 15) is 19.2 Å². The van der Waals surface area contributed by atoms with Gasteiger partial charge in [-0.1, -0.05) is 0 Å². The Kier molecular flexibility index (Phi) is 17.5. The molecule has 0 bridgehead atoms. The van der Waals surface area contributed by atoms with Crippen molar-refractivity contribution in [1.29, 1.82) is 0 Å². The fraction of sp³-hybridized carbons (Fsp3) is 0.765. The van der Waals surface area contributed by atoms with Crippen LogP contribution in [0.2, 0.25) is 0 Å². The van der Waals surface area contributed by atoms with Crippen molar-refractivity contribution in [1.82, 2.24) is 0 Å². The minimum Gasteiger partial charge on any atom is -0.297 e. The van der Waals surface area contributed by atoms with Gasteiger partial charge in [-0.15, -0.1) is 0 Å². The summed E-state index contributed by atoms with van der Waals surface area (Å²) in [5, 5.41) is 0. The topological polar surface area (TPSA) is 105 Å². The molecule has 0 N–H and O–H groups in total. The maximum atomic E-state index is 11.8. The molecule has 0 atom stereocenters. The summed E-state index contributed by atoms with van der Waals surface area (Å²) in [6.45, 7) is -1.93. The molecule has 0 heterocycles. The Labute approximate surface area is 192 Å². The first-order valence-electron chi connectivity index (χ1n) is 8.88. The third kappa shape index (κ3) is 14.5. The Hall–Kier alpha value is -0.0800. The molecule has 0 spiro atoms. The molecule has 0 aliphatic heterocycles. The minimum atomic E-state index is -2.36. The quantitative estimate of drug-likeness (QED) is 0.150. The summed E-state index contributed by atoms with van der Waals surface area (Å²) in [7, 11) is 0. The summed E-state index contributed by atoms with van der Waals surface area (Å²) in [5.74, 6) is -0.0955. The summed E-state index contributed by atoms with van der Waals surface area (Å²) in [4.78, 5) is 47.4. The molecule has 12 heteroatoms. The predicted molar refractivity (Wildman–Crippen MR) is 120 cm³/mol. The van der Waals surface area contributed by atoms with Gasteiger partial charge in [0.05, 0.1) is 0 Å². The molecule has 29 heavy (non-hydrogen) atoms. The van der Waals surface area contributed by atoms with Crippen LogP contribution in [-0.2, 0) is 38.1 Å². The van der Waals surface area contributed by atoms with E-state index in [-0.39, 0.29) is 48.8 Å². The van der Waals surface area contributed by atoms with Gasteiger partial charge in [0.2, 0.25) is 0 Å². The van der Waals surface area contributed by atoms with Gasteiger partial charge in [-0.3, -0.25) is 38.1 Å². The first-order valence-corrected chi connectivity index (χ1v) is 11.4. The molecule has 0 aromatic rings. The van der Waals surface area contributed by atoms with Crippen molar-refractivity contribution in [2.24, 2.45) is 0 Å². The normalized spacial score (nSPS) is 11.4. The average molecular weight is 489 g/mol. The van der Waals surface area contributed by atoms with Gasteiger partial charge in [0.1, 0.15) is 26.4 Å². The van der Waals surface area contributed by atoms with E-state index in [0.717, 1.165) is 0 Å². The number of hydrogen-bond donors (Lipinski definition) is 4. The second-order valence-corrected chi connectivity index (χ2v) is 7.49. The molecule has 0 aromatic heterocycles. The number of ketones is 4. The number of carbonyl (C=O) groups excluding carboxylic acids is 4. The van der Waals surface area contributed by atoms with Crippen molar-refractivity contribution < 1.29 is 38.1 Å². The number of thiol groups is 4. The van der Waals surface area contributed by atoms with E-state index in [1.807, 2.05) is 0 Å². The zero-order valence-corrected chi connectivity index (χ0v) is 19.6. The lowest BCUT2D eigenvalue weighted by atomic mass is 10.3. The van der Waals surface area contributed by atoms with Crippen LogP contribution in [0, 0.1) is 0 Å². The van der Waals surface area contributed by atoms with Crippen LogP contribution in [0.4, 0.5) is 0 Å². The molecular formula is C17H28O8S4. The first kappa shape index (κ1) is 28.9. The fourth-order valence-corrected chi connectivity index (χ4v) is 2.71. The van der Waals surface area contributed by atoms with Crippen LogP contribution in [0.3, 0.4) is 0 Å². The van der Waals surface area contributed by atoms with E-state index in [1.54, 1.807) is 0 Å². The fourth-order valence-electron chi connectivity index (χ4n) is 1.71. The van der Waals surface area contributed by atoms with E-state index in [1.165, 1.54) is 0 Å². The lowest BCUT2D eigenvalue weighted by molar-refractivity contribution is -0.489. The first-order chi connectivity index (χ1) is 13.8. The number of carbonyl (C=O) groups is 4. The average Bonchev–Trinajstić information content (AvgIpc) is 2.68. The monoisotopic (exact) mass is 488 g/mol. The van der Waals surface area contributed by atoms with E-state index >= 15 is 0 Å². The van der Waals surface area contributed by atoms with Gasteiger partial charge in [0, 0.05) is 25.7 Å². The largest absolute Gasteiger partial charge is 0.414 e. The summed E-state index contributed by atoms with van der Waals surface area (Å²) < 4.78 is 21.5. The van der Waals surface area contributed by atoms with Crippen LogP contribution in [0.25, 0.3) is 0 Å².